The van der Waals surface area contributed by atoms with Crippen LogP contribution in [0.3, 0.4) is 0 Å². The fraction of sp³-hybridized carbons (Fsp3) is 0.467. The predicted octanol–water partition coefficient (Wildman–Crippen LogP) is 1.31. The van der Waals surface area contributed by atoms with E-state index in [0.29, 0.717) is 12.5 Å². The second kappa shape index (κ2) is 8.97. The van der Waals surface area contributed by atoms with Crippen LogP contribution in [0.1, 0.15) is 31.2 Å². The number of carbonyl (C=O) groups excluding carboxylic acids is 1. The van der Waals surface area contributed by atoms with Crippen LogP contribution in [0.15, 0.2) is 30.3 Å². The number of hydrogen-bond acceptors (Lipinski definition) is 3. The number of carboxylic acids is 1. The number of amides is 2. The molecule has 2 atom stereocenters. The number of aliphatic hydroxyl groups is 1. The molecule has 4 N–H and O–H groups in total. The monoisotopic (exact) mass is 294 g/mol. The minimum Gasteiger partial charge on any atom is -0.479 e. The van der Waals surface area contributed by atoms with Crippen LogP contribution in [-0.4, -0.2) is 41.4 Å². The molecular weight excluding hydrogens is 272 g/mol. The van der Waals surface area contributed by atoms with Crippen LogP contribution in [0.25, 0.3) is 0 Å². The summed E-state index contributed by atoms with van der Waals surface area (Å²) in [4.78, 5) is 21.8. The highest BCUT2D eigenvalue weighted by atomic mass is 16.4. The third-order valence-electron chi connectivity index (χ3n) is 3.22. The van der Waals surface area contributed by atoms with Crippen molar-refractivity contribution in [1.82, 2.24) is 10.6 Å². The first-order chi connectivity index (χ1) is 10.0. The molecule has 6 heteroatoms. The molecule has 6 nitrogen and oxygen atoms in total. The summed E-state index contributed by atoms with van der Waals surface area (Å²) in [5.74, 6) is -0.936. The molecule has 2 unspecified atom stereocenters. The minimum absolute atomic E-state index is 0.0107. The van der Waals surface area contributed by atoms with Gasteiger partial charge in [-0.05, 0) is 17.9 Å². The zero-order valence-electron chi connectivity index (χ0n) is 12.1. The first-order valence-corrected chi connectivity index (χ1v) is 6.98. The highest BCUT2D eigenvalue weighted by Crippen LogP contribution is 2.17. The van der Waals surface area contributed by atoms with Gasteiger partial charge in [-0.1, -0.05) is 37.3 Å². The second-order valence-corrected chi connectivity index (χ2v) is 4.93. The van der Waals surface area contributed by atoms with E-state index in [2.05, 4.69) is 29.7 Å². The molecule has 2 amide bonds. The third-order valence-corrected chi connectivity index (χ3v) is 3.22. The molecule has 1 rings (SSSR count). The van der Waals surface area contributed by atoms with Gasteiger partial charge in [0.1, 0.15) is 0 Å². The lowest BCUT2D eigenvalue weighted by Gasteiger charge is -2.13. The van der Waals surface area contributed by atoms with Crippen LogP contribution < -0.4 is 10.6 Å². The number of carbonyl (C=O) groups is 2. The van der Waals surface area contributed by atoms with E-state index in [4.69, 9.17) is 10.2 Å². The second-order valence-electron chi connectivity index (χ2n) is 4.93. The predicted molar refractivity (Wildman–Crippen MR) is 79.1 cm³/mol. The number of aliphatic carboxylic acids is 1. The van der Waals surface area contributed by atoms with E-state index in [1.807, 2.05) is 18.2 Å². The minimum atomic E-state index is -1.44. The van der Waals surface area contributed by atoms with Crippen LogP contribution in [0.4, 0.5) is 4.79 Å². The standard InChI is InChI=1S/C15H22N2O4/c1-11(12-5-3-2-4-6-12)7-9-16-15(21)17-10-8-13(18)14(19)20/h2-6,11,13,18H,7-10H2,1H3,(H,19,20)(H2,16,17,21). The van der Waals surface area contributed by atoms with Crippen molar-refractivity contribution in [2.24, 2.45) is 0 Å². The Balaban J connectivity index is 2.15. The molecule has 1 aromatic carbocycles. The van der Waals surface area contributed by atoms with Crippen molar-refractivity contribution < 1.29 is 19.8 Å². The Labute approximate surface area is 124 Å². The van der Waals surface area contributed by atoms with Crippen molar-refractivity contribution in [3.05, 3.63) is 35.9 Å². The number of benzene rings is 1. The lowest BCUT2D eigenvalue weighted by Crippen LogP contribution is -2.38. The highest BCUT2D eigenvalue weighted by molar-refractivity contribution is 5.74. The van der Waals surface area contributed by atoms with Gasteiger partial charge in [-0.25, -0.2) is 9.59 Å². The van der Waals surface area contributed by atoms with Crippen molar-refractivity contribution >= 4 is 12.0 Å². The van der Waals surface area contributed by atoms with Gasteiger partial charge >= 0.3 is 12.0 Å². The summed E-state index contributed by atoms with van der Waals surface area (Å²) in [6, 6.07) is 9.69. The highest BCUT2D eigenvalue weighted by Gasteiger charge is 2.12. The molecular formula is C15H22N2O4. The number of aliphatic hydroxyl groups excluding tert-OH is 1. The first-order valence-electron chi connectivity index (χ1n) is 6.98. The van der Waals surface area contributed by atoms with Gasteiger partial charge in [-0.3, -0.25) is 0 Å². The van der Waals surface area contributed by atoms with Crippen molar-refractivity contribution in [2.75, 3.05) is 13.1 Å². The van der Waals surface area contributed by atoms with Gasteiger partial charge in [0, 0.05) is 19.5 Å². The lowest BCUT2D eigenvalue weighted by atomic mass is 9.98. The van der Waals surface area contributed by atoms with E-state index >= 15 is 0 Å². The molecule has 0 saturated heterocycles. The van der Waals surface area contributed by atoms with E-state index in [-0.39, 0.29) is 19.0 Å². The van der Waals surface area contributed by atoms with E-state index < -0.39 is 12.1 Å². The summed E-state index contributed by atoms with van der Waals surface area (Å²) < 4.78 is 0. The Kier molecular flexibility index (Phi) is 7.25. The molecule has 0 bridgehead atoms. The van der Waals surface area contributed by atoms with Crippen LogP contribution in [-0.2, 0) is 4.79 Å². The van der Waals surface area contributed by atoms with Gasteiger partial charge in [-0.2, -0.15) is 0 Å². The summed E-state index contributed by atoms with van der Waals surface area (Å²) in [5.41, 5.74) is 1.23. The van der Waals surface area contributed by atoms with E-state index in [0.717, 1.165) is 6.42 Å². The van der Waals surface area contributed by atoms with Gasteiger partial charge in [0.2, 0.25) is 0 Å². The van der Waals surface area contributed by atoms with Crippen LogP contribution in [0.2, 0.25) is 0 Å². The Morgan fingerprint density at radius 1 is 1.10 bits per heavy atom. The Morgan fingerprint density at radius 2 is 1.67 bits per heavy atom. The fourth-order valence-corrected chi connectivity index (χ4v) is 1.86. The fourth-order valence-electron chi connectivity index (χ4n) is 1.86. The molecule has 0 heterocycles. The van der Waals surface area contributed by atoms with Crippen molar-refractivity contribution in [3.63, 3.8) is 0 Å². The number of rotatable bonds is 8. The molecule has 0 aliphatic heterocycles. The Morgan fingerprint density at radius 3 is 2.24 bits per heavy atom. The number of nitrogens with one attached hydrogen (secondary N) is 2. The molecule has 1 aromatic rings. The smallest absolute Gasteiger partial charge is 0.332 e. The van der Waals surface area contributed by atoms with E-state index in [9.17, 15) is 9.59 Å². The number of hydrogen-bond donors (Lipinski definition) is 4. The zero-order valence-corrected chi connectivity index (χ0v) is 12.1. The Hall–Kier alpha value is -2.08. The molecule has 0 saturated carbocycles. The molecule has 0 aliphatic rings. The third kappa shape index (κ3) is 6.76. The van der Waals surface area contributed by atoms with Crippen molar-refractivity contribution in [1.29, 1.82) is 0 Å². The molecule has 0 spiro atoms. The number of carboxylic acid groups (broad SMARTS) is 1. The normalized spacial score (nSPS) is 13.2. The maximum Gasteiger partial charge on any atom is 0.332 e. The maximum absolute atomic E-state index is 11.5. The topological polar surface area (TPSA) is 98.7 Å². The van der Waals surface area contributed by atoms with Crippen molar-refractivity contribution in [3.8, 4) is 0 Å². The molecule has 0 aromatic heterocycles. The molecule has 116 valence electrons. The van der Waals surface area contributed by atoms with Crippen molar-refractivity contribution in [2.45, 2.75) is 31.8 Å². The molecule has 0 fully saturated rings. The van der Waals surface area contributed by atoms with Gasteiger partial charge in [0.25, 0.3) is 0 Å². The summed E-state index contributed by atoms with van der Waals surface area (Å²) in [5, 5.41) is 22.7. The molecule has 0 radical (unpaired) electrons. The largest absolute Gasteiger partial charge is 0.479 e. The zero-order chi connectivity index (χ0) is 15.7. The Bertz CT molecular complexity index is 450. The van der Waals surface area contributed by atoms with Gasteiger partial charge in [0.15, 0.2) is 6.10 Å². The van der Waals surface area contributed by atoms with Gasteiger partial charge < -0.3 is 20.8 Å². The van der Waals surface area contributed by atoms with Crippen LogP contribution in [0.5, 0.6) is 0 Å². The van der Waals surface area contributed by atoms with Gasteiger partial charge in [-0.15, -0.1) is 0 Å². The summed E-state index contributed by atoms with van der Waals surface area (Å²) in [6.07, 6.45) is -0.637. The molecule has 21 heavy (non-hydrogen) atoms. The quantitative estimate of drug-likeness (QED) is 0.581. The first kappa shape index (κ1) is 17.0. The lowest BCUT2D eigenvalue weighted by molar-refractivity contribution is -0.146. The average Bonchev–Trinajstić information content (AvgIpc) is 2.47. The maximum atomic E-state index is 11.5. The summed E-state index contributed by atoms with van der Waals surface area (Å²) >= 11 is 0. The SMILES string of the molecule is CC(CCNC(=O)NCCC(O)C(=O)O)c1ccccc1. The average molecular weight is 294 g/mol. The van der Waals surface area contributed by atoms with Gasteiger partial charge in [0.05, 0.1) is 0 Å². The summed E-state index contributed by atoms with van der Waals surface area (Å²) in [7, 11) is 0. The summed E-state index contributed by atoms with van der Waals surface area (Å²) in [6.45, 7) is 2.75. The van der Waals surface area contributed by atoms with E-state index in [1.54, 1.807) is 0 Å². The van der Waals surface area contributed by atoms with Crippen LogP contribution in [0, 0.1) is 0 Å². The van der Waals surface area contributed by atoms with E-state index in [1.165, 1.54) is 5.56 Å². The molecule has 0 aliphatic carbocycles. The number of urea groups is 1. The van der Waals surface area contributed by atoms with Crippen LogP contribution >= 0.6 is 0 Å².